The van der Waals surface area contributed by atoms with Gasteiger partial charge < -0.3 is 5.32 Å². The molecule has 4 bridgehead atoms. The Balaban J connectivity index is 1.87. The smallest absolute Gasteiger partial charge is 0.279 e. The van der Waals surface area contributed by atoms with Gasteiger partial charge >= 0.3 is 0 Å². The van der Waals surface area contributed by atoms with Crippen molar-refractivity contribution in [3.8, 4) is 0 Å². The minimum absolute atomic E-state index is 0.147. The van der Waals surface area contributed by atoms with Crippen LogP contribution in [-0.2, 0) is 0 Å². The van der Waals surface area contributed by atoms with Crippen molar-refractivity contribution in [1.29, 1.82) is 0 Å². The van der Waals surface area contributed by atoms with Gasteiger partial charge in [0, 0.05) is 5.54 Å². The zero-order valence-electron chi connectivity index (χ0n) is 11.8. The molecule has 0 heterocycles. The molecule has 1 N–H and O–H groups in total. The number of nitrogens with one attached hydrogen (secondary N) is 1. The molecule has 3 heteroatoms. The molecule has 0 aromatic heterocycles. The van der Waals surface area contributed by atoms with E-state index in [9.17, 15) is 4.79 Å². The van der Waals surface area contributed by atoms with E-state index in [1.165, 1.54) is 50.3 Å². The summed E-state index contributed by atoms with van der Waals surface area (Å²) in [6.07, 6.45) is 9.85. The van der Waals surface area contributed by atoms with E-state index >= 15 is 0 Å². The highest BCUT2D eigenvalue weighted by Gasteiger charge is 2.58. The van der Waals surface area contributed by atoms with Gasteiger partial charge in [-0.05, 0) is 67.9 Å². The molecule has 4 aliphatic rings. The van der Waals surface area contributed by atoms with Crippen LogP contribution in [0.1, 0.15) is 52.4 Å². The summed E-state index contributed by atoms with van der Waals surface area (Å²) in [6, 6.07) is 0. The first-order valence-electron chi connectivity index (χ1n) is 7.33. The van der Waals surface area contributed by atoms with E-state index in [4.69, 9.17) is 0 Å². The van der Waals surface area contributed by atoms with E-state index in [1.807, 2.05) is 6.26 Å². The van der Waals surface area contributed by atoms with Crippen LogP contribution in [0, 0.1) is 23.2 Å². The van der Waals surface area contributed by atoms with Crippen LogP contribution in [0.25, 0.3) is 0 Å². The summed E-state index contributed by atoms with van der Waals surface area (Å²) in [4.78, 5) is 11.8. The number of amides is 1. The van der Waals surface area contributed by atoms with Crippen molar-refractivity contribution in [3.05, 3.63) is 0 Å². The van der Waals surface area contributed by atoms with Crippen LogP contribution in [-0.4, -0.2) is 17.0 Å². The summed E-state index contributed by atoms with van der Waals surface area (Å²) in [5.41, 5.74) is 0.671. The second kappa shape index (κ2) is 4.16. The number of thioether (sulfide) groups is 1. The van der Waals surface area contributed by atoms with E-state index in [0.717, 1.165) is 17.8 Å². The topological polar surface area (TPSA) is 29.1 Å². The van der Waals surface area contributed by atoms with Gasteiger partial charge in [0.2, 0.25) is 0 Å². The lowest BCUT2D eigenvalue weighted by molar-refractivity contribution is -0.0990. The highest BCUT2D eigenvalue weighted by molar-refractivity contribution is 8.12. The minimum Gasteiger partial charge on any atom is -0.342 e. The average molecular weight is 267 g/mol. The summed E-state index contributed by atoms with van der Waals surface area (Å²) in [6.45, 7) is 4.77. The Labute approximate surface area is 115 Å². The van der Waals surface area contributed by atoms with Gasteiger partial charge in [0.25, 0.3) is 5.24 Å². The van der Waals surface area contributed by atoms with Gasteiger partial charge in [-0.3, -0.25) is 4.79 Å². The van der Waals surface area contributed by atoms with Crippen LogP contribution >= 0.6 is 11.8 Å². The third-order valence-corrected chi connectivity index (χ3v) is 6.36. The van der Waals surface area contributed by atoms with Crippen LogP contribution < -0.4 is 5.32 Å². The third-order valence-electron chi connectivity index (χ3n) is 5.88. The molecule has 0 radical (unpaired) electrons. The highest BCUT2D eigenvalue weighted by atomic mass is 32.2. The molecule has 4 saturated carbocycles. The number of rotatable bonds is 2. The Morgan fingerprint density at radius 1 is 1.22 bits per heavy atom. The second-order valence-corrected chi connectivity index (χ2v) is 8.15. The van der Waals surface area contributed by atoms with Crippen molar-refractivity contribution in [2.75, 3.05) is 6.26 Å². The normalized spacial score (nSPS) is 45.6. The van der Waals surface area contributed by atoms with Crippen LogP contribution in [0.15, 0.2) is 0 Å². The predicted octanol–water partition coefficient (Wildman–Crippen LogP) is 4.05. The fourth-order valence-corrected chi connectivity index (χ4v) is 5.74. The first-order chi connectivity index (χ1) is 8.47. The van der Waals surface area contributed by atoms with E-state index < -0.39 is 0 Å². The number of hydrogen-bond acceptors (Lipinski definition) is 2. The molecule has 0 spiro atoms. The molecule has 102 valence electrons. The van der Waals surface area contributed by atoms with Gasteiger partial charge in [-0.25, -0.2) is 0 Å². The Morgan fingerprint density at radius 2 is 1.83 bits per heavy atom. The lowest BCUT2D eigenvalue weighted by Crippen LogP contribution is -2.63. The summed E-state index contributed by atoms with van der Waals surface area (Å²) in [5, 5.41) is 3.55. The molecule has 0 saturated heterocycles. The molecular formula is C15H25NOS. The van der Waals surface area contributed by atoms with Gasteiger partial charge in [0.15, 0.2) is 0 Å². The van der Waals surface area contributed by atoms with Crippen molar-refractivity contribution in [2.45, 2.75) is 57.9 Å². The molecule has 4 rings (SSSR count). The Kier molecular flexibility index (Phi) is 2.96. The van der Waals surface area contributed by atoms with Gasteiger partial charge in [-0.15, -0.1) is 0 Å². The summed E-state index contributed by atoms with van der Waals surface area (Å²) in [5.74, 6) is 2.50. The average Bonchev–Trinajstić information content (AvgIpc) is 2.26. The lowest BCUT2D eigenvalue weighted by atomic mass is 9.44. The maximum atomic E-state index is 11.8. The van der Waals surface area contributed by atoms with Gasteiger partial charge in [0.05, 0.1) is 0 Å². The first kappa shape index (κ1) is 12.8. The standard InChI is InChI=1S/C15H25NOS/c1-10(2)14-5-11-4-12(6-14)8-15(7-11,9-14)16-13(17)18-3/h10-12H,4-9H2,1-3H3,(H,16,17). The minimum atomic E-state index is 0.147. The van der Waals surface area contributed by atoms with Crippen molar-refractivity contribution in [1.82, 2.24) is 5.32 Å². The van der Waals surface area contributed by atoms with Crippen molar-refractivity contribution < 1.29 is 4.79 Å². The quantitative estimate of drug-likeness (QED) is 0.817. The number of carbonyl (C=O) groups is 1. The Bertz CT molecular complexity index is 352. The highest BCUT2D eigenvalue weighted by Crippen LogP contribution is 2.64. The van der Waals surface area contributed by atoms with Crippen LogP contribution in [0.4, 0.5) is 4.79 Å². The molecule has 2 atom stereocenters. The Morgan fingerprint density at radius 3 is 2.33 bits per heavy atom. The van der Waals surface area contributed by atoms with Crippen LogP contribution in [0.5, 0.6) is 0 Å². The number of hydrogen-bond donors (Lipinski definition) is 1. The summed E-state index contributed by atoms with van der Waals surface area (Å²) >= 11 is 1.33. The van der Waals surface area contributed by atoms with Crippen molar-refractivity contribution >= 4 is 17.0 Å². The SMILES string of the molecule is CSC(=O)NC12CC3CC(C1)CC(C(C)C)(C3)C2. The predicted molar refractivity (Wildman–Crippen MR) is 76.7 cm³/mol. The van der Waals surface area contributed by atoms with E-state index in [0.29, 0.717) is 5.41 Å². The maximum absolute atomic E-state index is 11.8. The lowest BCUT2D eigenvalue weighted by Gasteiger charge is -2.63. The van der Waals surface area contributed by atoms with Crippen LogP contribution in [0.3, 0.4) is 0 Å². The largest absolute Gasteiger partial charge is 0.342 e. The van der Waals surface area contributed by atoms with Crippen LogP contribution in [0.2, 0.25) is 0 Å². The summed E-state index contributed by atoms with van der Waals surface area (Å²) in [7, 11) is 0. The van der Waals surface area contributed by atoms with E-state index in [1.54, 1.807) is 0 Å². The third kappa shape index (κ3) is 1.90. The molecule has 0 aromatic carbocycles. The molecular weight excluding hydrogens is 242 g/mol. The monoisotopic (exact) mass is 267 g/mol. The Hall–Kier alpha value is -0.180. The maximum Gasteiger partial charge on any atom is 0.279 e. The van der Waals surface area contributed by atoms with Gasteiger partial charge in [-0.2, -0.15) is 0 Å². The molecule has 18 heavy (non-hydrogen) atoms. The first-order valence-corrected chi connectivity index (χ1v) is 8.56. The number of carbonyl (C=O) groups excluding carboxylic acids is 1. The zero-order valence-corrected chi connectivity index (χ0v) is 12.6. The van der Waals surface area contributed by atoms with E-state index in [2.05, 4.69) is 19.2 Å². The zero-order chi connectivity index (χ0) is 13.0. The van der Waals surface area contributed by atoms with Gasteiger partial charge in [0.1, 0.15) is 0 Å². The second-order valence-electron chi connectivity index (χ2n) is 7.38. The summed E-state index contributed by atoms with van der Waals surface area (Å²) < 4.78 is 0. The molecule has 0 aliphatic heterocycles. The molecule has 2 unspecified atom stereocenters. The molecule has 2 nitrogen and oxygen atoms in total. The fourth-order valence-electron chi connectivity index (χ4n) is 5.42. The molecule has 0 aromatic rings. The molecule has 1 amide bonds. The van der Waals surface area contributed by atoms with Crippen molar-refractivity contribution in [3.63, 3.8) is 0 Å². The molecule has 4 fully saturated rings. The van der Waals surface area contributed by atoms with E-state index in [-0.39, 0.29) is 10.8 Å². The van der Waals surface area contributed by atoms with Crippen molar-refractivity contribution in [2.24, 2.45) is 23.2 Å². The van der Waals surface area contributed by atoms with Gasteiger partial charge in [-0.1, -0.05) is 25.6 Å². The molecule has 4 aliphatic carbocycles. The fraction of sp³-hybridized carbons (Fsp3) is 0.933.